The molecule has 8 heteroatoms. The van der Waals surface area contributed by atoms with Crippen molar-refractivity contribution in [1.29, 1.82) is 0 Å². The van der Waals surface area contributed by atoms with Crippen LogP contribution in [0.2, 0.25) is 0 Å². The number of rotatable bonds is 4. The van der Waals surface area contributed by atoms with Gasteiger partial charge in [0.2, 0.25) is 5.89 Å². The zero-order chi connectivity index (χ0) is 15.0. The van der Waals surface area contributed by atoms with E-state index in [9.17, 15) is 4.39 Å². The number of halogens is 3. The zero-order valence-electron chi connectivity index (χ0n) is 11.1. The Bertz CT molecular complexity index is 801. The third-order valence-electron chi connectivity index (χ3n) is 3.12. The largest absolute Gasteiger partial charge is 0.340 e. The number of hydrogen-bond donors (Lipinski definition) is 0. The first kappa shape index (κ1) is 14.5. The van der Waals surface area contributed by atoms with Crippen LogP contribution in [0.5, 0.6) is 0 Å². The Morgan fingerprint density at radius 3 is 2.86 bits per heavy atom. The Kier molecular flexibility index (Phi) is 3.95. The van der Waals surface area contributed by atoms with Crippen LogP contribution in [0.1, 0.15) is 17.5 Å². The minimum atomic E-state index is -0.345. The Labute approximate surface area is 133 Å². The second-order valence-corrected chi connectivity index (χ2v) is 5.67. The van der Waals surface area contributed by atoms with Gasteiger partial charge in [-0.1, -0.05) is 5.16 Å². The molecule has 110 valence electrons. The molecule has 0 fully saturated rings. The normalized spacial score (nSPS) is 11.4. The van der Waals surface area contributed by atoms with Crippen molar-refractivity contribution < 1.29 is 8.91 Å². The van der Waals surface area contributed by atoms with Crippen molar-refractivity contribution in [2.24, 2.45) is 0 Å². The third-order valence-corrected chi connectivity index (χ3v) is 3.96. The topological polar surface area (TPSA) is 56.7 Å². The Balaban J connectivity index is 1.97. The lowest BCUT2D eigenvalue weighted by Gasteiger charge is -2.06. The fraction of sp³-hybridized carbons (Fsp3) is 0.308. The monoisotopic (exact) mass is 372 g/mol. The van der Waals surface area contributed by atoms with E-state index in [-0.39, 0.29) is 11.7 Å². The van der Waals surface area contributed by atoms with E-state index >= 15 is 0 Å². The predicted octanol–water partition coefficient (Wildman–Crippen LogP) is 3.61. The maximum absolute atomic E-state index is 13.6. The van der Waals surface area contributed by atoms with E-state index in [1.54, 1.807) is 13.0 Å². The highest BCUT2D eigenvalue weighted by Crippen LogP contribution is 2.25. The van der Waals surface area contributed by atoms with Gasteiger partial charge in [-0.3, -0.25) is 0 Å². The van der Waals surface area contributed by atoms with Crippen LogP contribution in [0, 0.1) is 12.7 Å². The molecule has 2 aromatic heterocycles. The van der Waals surface area contributed by atoms with Gasteiger partial charge in [0.05, 0.1) is 21.4 Å². The summed E-state index contributed by atoms with van der Waals surface area (Å²) in [5.41, 5.74) is 1.40. The molecule has 0 unspecified atom stereocenters. The van der Waals surface area contributed by atoms with Gasteiger partial charge in [-0.2, -0.15) is 4.98 Å². The first-order valence-electron chi connectivity index (χ1n) is 6.28. The van der Waals surface area contributed by atoms with E-state index in [2.05, 4.69) is 31.1 Å². The summed E-state index contributed by atoms with van der Waals surface area (Å²) in [5.74, 6) is 1.74. The zero-order valence-corrected chi connectivity index (χ0v) is 13.4. The van der Waals surface area contributed by atoms with Crippen LogP contribution in [-0.4, -0.2) is 19.7 Å². The van der Waals surface area contributed by atoms with Crippen LogP contribution in [0.4, 0.5) is 4.39 Å². The lowest BCUT2D eigenvalue weighted by molar-refractivity contribution is 0.386. The fourth-order valence-corrected chi connectivity index (χ4v) is 2.71. The number of aryl methyl sites for hydroxylation is 3. The number of aromatic nitrogens is 4. The maximum atomic E-state index is 13.6. The first-order valence-corrected chi connectivity index (χ1v) is 7.60. The molecule has 3 aromatic rings. The smallest absolute Gasteiger partial charge is 0.223 e. The van der Waals surface area contributed by atoms with Crippen molar-refractivity contribution in [3.8, 4) is 0 Å². The fourth-order valence-electron chi connectivity index (χ4n) is 2.18. The average molecular weight is 374 g/mol. The predicted molar refractivity (Wildman–Crippen MR) is 79.7 cm³/mol. The van der Waals surface area contributed by atoms with Gasteiger partial charge in [0.15, 0.2) is 5.82 Å². The standard InChI is InChI=1S/C13H11BrClFN4O/c1-7-17-12(19-21-7)2-3-20-11-4-8(14)9(16)5-10(11)18-13(20)6-15/h4-5H,2-3,6H2,1H3. The summed E-state index contributed by atoms with van der Waals surface area (Å²) in [6.45, 7) is 2.34. The summed E-state index contributed by atoms with van der Waals surface area (Å²) in [6, 6.07) is 3.10. The summed E-state index contributed by atoms with van der Waals surface area (Å²) >= 11 is 9.12. The SMILES string of the molecule is Cc1nc(CCn2c(CCl)nc3cc(F)c(Br)cc32)no1. The van der Waals surface area contributed by atoms with Gasteiger partial charge in [0.1, 0.15) is 11.6 Å². The lowest BCUT2D eigenvalue weighted by Crippen LogP contribution is -2.06. The molecule has 1 aromatic carbocycles. The van der Waals surface area contributed by atoms with Crippen molar-refractivity contribution in [2.45, 2.75) is 25.8 Å². The van der Waals surface area contributed by atoms with Crippen molar-refractivity contribution in [3.63, 3.8) is 0 Å². The van der Waals surface area contributed by atoms with Gasteiger partial charge in [-0.05, 0) is 22.0 Å². The molecule has 21 heavy (non-hydrogen) atoms. The van der Waals surface area contributed by atoms with Gasteiger partial charge in [0, 0.05) is 26.0 Å². The van der Waals surface area contributed by atoms with Crippen LogP contribution in [0.15, 0.2) is 21.1 Å². The summed E-state index contributed by atoms with van der Waals surface area (Å²) in [7, 11) is 0. The molecule has 0 radical (unpaired) electrons. The molecule has 2 heterocycles. The highest BCUT2D eigenvalue weighted by Gasteiger charge is 2.14. The molecule has 0 aliphatic carbocycles. The minimum Gasteiger partial charge on any atom is -0.340 e. The number of alkyl halides is 1. The van der Waals surface area contributed by atoms with Crippen molar-refractivity contribution in [1.82, 2.24) is 19.7 Å². The first-order chi connectivity index (χ1) is 10.1. The molecule has 0 amide bonds. The Morgan fingerprint density at radius 2 is 2.19 bits per heavy atom. The maximum Gasteiger partial charge on any atom is 0.223 e. The summed E-state index contributed by atoms with van der Waals surface area (Å²) in [5, 5.41) is 3.86. The third kappa shape index (κ3) is 2.80. The number of fused-ring (bicyclic) bond motifs is 1. The molecular formula is C13H11BrClFN4O. The van der Waals surface area contributed by atoms with Crippen LogP contribution >= 0.6 is 27.5 Å². The van der Waals surface area contributed by atoms with E-state index in [1.807, 2.05) is 4.57 Å². The minimum absolute atomic E-state index is 0.249. The van der Waals surface area contributed by atoms with Gasteiger partial charge >= 0.3 is 0 Å². The second-order valence-electron chi connectivity index (χ2n) is 4.55. The van der Waals surface area contributed by atoms with E-state index in [0.29, 0.717) is 40.5 Å². The molecule has 3 rings (SSSR count). The van der Waals surface area contributed by atoms with Crippen LogP contribution in [0.3, 0.4) is 0 Å². The molecule has 0 aliphatic heterocycles. The second kappa shape index (κ2) is 5.73. The molecule has 5 nitrogen and oxygen atoms in total. The summed E-state index contributed by atoms with van der Waals surface area (Å²) in [6.07, 6.45) is 0.585. The highest BCUT2D eigenvalue weighted by atomic mass is 79.9. The average Bonchev–Trinajstić information content (AvgIpc) is 3.01. The van der Waals surface area contributed by atoms with E-state index in [0.717, 1.165) is 5.52 Å². The molecule has 0 bridgehead atoms. The quantitative estimate of drug-likeness (QED) is 0.656. The molecule has 0 spiro atoms. The highest BCUT2D eigenvalue weighted by molar-refractivity contribution is 9.10. The molecule has 0 aliphatic rings. The van der Waals surface area contributed by atoms with Crippen LogP contribution in [-0.2, 0) is 18.8 Å². The van der Waals surface area contributed by atoms with Gasteiger partial charge in [-0.25, -0.2) is 9.37 Å². The molecule has 0 saturated heterocycles. The molecular weight excluding hydrogens is 363 g/mol. The number of imidazole rings is 1. The van der Waals surface area contributed by atoms with E-state index < -0.39 is 0 Å². The summed E-state index contributed by atoms with van der Waals surface area (Å²) in [4.78, 5) is 8.52. The van der Waals surface area contributed by atoms with E-state index in [1.165, 1.54) is 6.07 Å². The van der Waals surface area contributed by atoms with Gasteiger partial charge < -0.3 is 9.09 Å². The van der Waals surface area contributed by atoms with Crippen molar-refractivity contribution >= 4 is 38.6 Å². The van der Waals surface area contributed by atoms with E-state index in [4.69, 9.17) is 16.1 Å². The number of hydrogen-bond acceptors (Lipinski definition) is 4. The number of nitrogens with zero attached hydrogens (tertiary/aromatic N) is 4. The molecule has 0 N–H and O–H groups in total. The summed E-state index contributed by atoms with van der Waals surface area (Å²) < 4.78 is 20.9. The molecule has 0 atom stereocenters. The lowest BCUT2D eigenvalue weighted by atomic mass is 10.3. The van der Waals surface area contributed by atoms with Gasteiger partial charge in [-0.15, -0.1) is 11.6 Å². The van der Waals surface area contributed by atoms with Crippen LogP contribution < -0.4 is 0 Å². The van der Waals surface area contributed by atoms with Crippen LogP contribution in [0.25, 0.3) is 11.0 Å². The number of benzene rings is 1. The van der Waals surface area contributed by atoms with Gasteiger partial charge in [0.25, 0.3) is 0 Å². The van der Waals surface area contributed by atoms with Crippen molar-refractivity contribution in [3.05, 3.63) is 40.0 Å². The van der Waals surface area contributed by atoms with Crippen molar-refractivity contribution in [2.75, 3.05) is 0 Å². The Morgan fingerprint density at radius 1 is 1.38 bits per heavy atom. The molecule has 0 saturated carbocycles. The Hall–Kier alpha value is -1.47.